The van der Waals surface area contributed by atoms with E-state index in [0.29, 0.717) is 42.8 Å². The van der Waals surface area contributed by atoms with Crippen molar-refractivity contribution in [2.75, 3.05) is 6.54 Å². The maximum Gasteiger partial charge on any atom is 0.416 e. The van der Waals surface area contributed by atoms with Gasteiger partial charge in [0.2, 0.25) is 0 Å². The summed E-state index contributed by atoms with van der Waals surface area (Å²) in [4.78, 5) is 31.5. The number of aromatic hydroxyl groups is 1. The first-order valence-electron chi connectivity index (χ1n) is 11.3. The Morgan fingerprint density at radius 3 is 2.67 bits per heavy atom. The summed E-state index contributed by atoms with van der Waals surface area (Å²) in [5.74, 6) is 0.0286. The number of amides is 1. The Bertz CT molecular complexity index is 1420. The molecule has 1 aromatic carbocycles. The number of hydrogen-bond donors (Lipinski definition) is 1. The largest absolute Gasteiger partial charge is 0.506 e. The molecule has 4 heterocycles. The van der Waals surface area contributed by atoms with E-state index in [1.54, 1.807) is 34.4 Å². The van der Waals surface area contributed by atoms with Crippen molar-refractivity contribution in [2.45, 2.75) is 39.4 Å². The lowest BCUT2D eigenvalue weighted by Gasteiger charge is -2.27. The Balaban J connectivity index is 0.000000214. The molecule has 0 spiro atoms. The summed E-state index contributed by atoms with van der Waals surface area (Å²) < 4.78 is 37.9. The molecule has 10 heteroatoms. The van der Waals surface area contributed by atoms with Gasteiger partial charge in [0.05, 0.1) is 24.5 Å². The fourth-order valence-electron chi connectivity index (χ4n) is 4.05. The Labute approximate surface area is 209 Å². The molecular formula is C26H24F3N3O3S. The molecule has 1 amide bonds. The number of halogens is 3. The third-order valence-electron chi connectivity index (χ3n) is 5.99. The second kappa shape index (κ2) is 10.1. The van der Waals surface area contributed by atoms with Crippen molar-refractivity contribution in [3.63, 3.8) is 0 Å². The van der Waals surface area contributed by atoms with Crippen LogP contribution in [0, 0.1) is 0 Å². The van der Waals surface area contributed by atoms with Gasteiger partial charge in [-0.15, -0.1) is 11.3 Å². The summed E-state index contributed by atoms with van der Waals surface area (Å²) >= 11 is 1.53. The minimum absolute atomic E-state index is 0.0736. The number of nitrogens with zero attached hydrogens (tertiary/aromatic N) is 3. The molecule has 0 unspecified atom stereocenters. The number of hydrogen-bond acceptors (Lipinski definition) is 5. The van der Waals surface area contributed by atoms with Crippen molar-refractivity contribution in [2.24, 2.45) is 0 Å². The fourth-order valence-corrected chi connectivity index (χ4v) is 5.21. The summed E-state index contributed by atoms with van der Waals surface area (Å²) in [6, 6.07) is 8.59. The van der Waals surface area contributed by atoms with Crippen molar-refractivity contribution in [3.8, 4) is 5.75 Å². The highest BCUT2D eigenvalue weighted by atomic mass is 32.1. The quantitative estimate of drug-likeness (QED) is 0.352. The summed E-state index contributed by atoms with van der Waals surface area (Å²) in [6.07, 6.45) is 0.114. The van der Waals surface area contributed by atoms with Crippen LogP contribution in [0.15, 0.2) is 54.2 Å². The normalized spacial score (nSPS) is 13.2. The molecule has 5 rings (SSSR count). The van der Waals surface area contributed by atoms with E-state index in [-0.39, 0.29) is 17.4 Å². The smallest absolute Gasteiger partial charge is 0.416 e. The average Bonchev–Trinajstić information content (AvgIpc) is 3.47. The van der Waals surface area contributed by atoms with Gasteiger partial charge in [0.15, 0.2) is 5.78 Å². The second-order valence-corrected chi connectivity index (χ2v) is 9.36. The molecule has 6 nitrogen and oxygen atoms in total. The topological polar surface area (TPSA) is 74.9 Å². The van der Waals surface area contributed by atoms with E-state index in [1.165, 1.54) is 35.9 Å². The number of carbonyl (C=O) groups is 2. The monoisotopic (exact) mass is 515 g/mol. The van der Waals surface area contributed by atoms with Gasteiger partial charge in [0.1, 0.15) is 17.1 Å². The number of pyridine rings is 1. The number of fused-ring (bicyclic) bond motifs is 2. The second-order valence-electron chi connectivity index (χ2n) is 8.39. The molecule has 0 saturated carbocycles. The van der Waals surface area contributed by atoms with E-state index in [9.17, 15) is 27.9 Å². The molecule has 188 valence electrons. The first-order chi connectivity index (χ1) is 17.1. The summed E-state index contributed by atoms with van der Waals surface area (Å²) in [5, 5.41) is 11.5. The first-order valence-corrected chi connectivity index (χ1v) is 12.2. The van der Waals surface area contributed by atoms with Crippen molar-refractivity contribution in [1.29, 1.82) is 0 Å². The zero-order chi connectivity index (χ0) is 26.0. The minimum atomic E-state index is -4.22. The maximum atomic E-state index is 12.9. The number of rotatable bonds is 3. The standard InChI is InChI=1S/C17H15N3O3S.C9H9F3/c1-10(21)13-9-24-15-8-19(5-4-12(13)15)17(23)14-6-18-16-3-2-11(22)7-20(14)16;1-2-7-4-3-5-8(6-7)9(10,11)12/h2-3,6-7,9,22H,4-5,8H2,1H3;3-6H,2H2,1H3. The number of alkyl halides is 3. The van der Waals surface area contributed by atoms with Crippen LogP contribution in [0.1, 0.15) is 56.3 Å². The zero-order valence-electron chi connectivity index (χ0n) is 19.7. The molecule has 0 fully saturated rings. The van der Waals surface area contributed by atoms with Gasteiger partial charge >= 0.3 is 6.18 Å². The van der Waals surface area contributed by atoms with Crippen molar-refractivity contribution >= 4 is 28.7 Å². The average molecular weight is 516 g/mol. The van der Waals surface area contributed by atoms with Crippen LogP contribution in [0.4, 0.5) is 13.2 Å². The van der Waals surface area contributed by atoms with E-state index < -0.39 is 11.7 Å². The van der Waals surface area contributed by atoms with Gasteiger partial charge < -0.3 is 10.0 Å². The van der Waals surface area contributed by atoms with Gasteiger partial charge in [-0.05, 0) is 49.1 Å². The minimum Gasteiger partial charge on any atom is -0.506 e. The van der Waals surface area contributed by atoms with Crippen LogP contribution < -0.4 is 0 Å². The third-order valence-corrected chi connectivity index (χ3v) is 7.00. The maximum absolute atomic E-state index is 12.9. The van der Waals surface area contributed by atoms with Gasteiger partial charge in [0.25, 0.3) is 5.91 Å². The number of ketones is 1. The van der Waals surface area contributed by atoms with Crippen LogP contribution in [0.2, 0.25) is 0 Å². The van der Waals surface area contributed by atoms with Crippen LogP contribution in [-0.2, 0) is 25.6 Å². The lowest BCUT2D eigenvalue weighted by Crippen LogP contribution is -2.36. The Kier molecular flexibility index (Phi) is 7.16. The zero-order valence-corrected chi connectivity index (χ0v) is 20.5. The molecule has 36 heavy (non-hydrogen) atoms. The Morgan fingerprint density at radius 2 is 1.97 bits per heavy atom. The summed E-state index contributed by atoms with van der Waals surface area (Å²) in [6.45, 7) is 4.47. The molecule has 0 atom stereocenters. The van der Waals surface area contributed by atoms with Gasteiger partial charge in [-0.3, -0.25) is 14.0 Å². The molecule has 0 saturated heterocycles. The Morgan fingerprint density at radius 1 is 1.19 bits per heavy atom. The molecule has 4 aromatic rings. The van der Waals surface area contributed by atoms with E-state index in [2.05, 4.69) is 4.98 Å². The van der Waals surface area contributed by atoms with Gasteiger partial charge in [-0.2, -0.15) is 13.2 Å². The fraction of sp³-hybridized carbons (Fsp3) is 0.269. The van der Waals surface area contributed by atoms with E-state index in [0.717, 1.165) is 22.1 Å². The third kappa shape index (κ3) is 5.28. The molecule has 1 N–H and O–H groups in total. The van der Waals surface area contributed by atoms with Crippen molar-refractivity contribution in [3.05, 3.63) is 87.0 Å². The molecule has 1 aliphatic heterocycles. The number of imidazole rings is 1. The highest BCUT2D eigenvalue weighted by Gasteiger charge is 2.30. The van der Waals surface area contributed by atoms with E-state index in [4.69, 9.17) is 0 Å². The molecule has 0 radical (unpaired) electrons. The van der Waals surface area contributed by atoms with Crippen LogP contribution >= 0.6 is 11.3 Å². The highest BCUT2D eigenvalue weighted by Crippen LogP contribution is 2.30. The molecular weight excluding hydrogens is 491 g/mol. The number of Topliss-reactive ketones (excluding diaryl/α,β-unsaturated/α-hetero) is 1. The van der Waals surface area contributed by atoms with Gasteiger partial charge in [-0.1, -0.05) is 25.1 Å². The van der Waals surface area contributed by atoms with Crippen molar-refractivity contribution in [1.82, 2.24) is 14.3 Å². The van der Waals surface area contributed by atoms with Crippen molar-refractivity contribution < 1.29 is 27.9 Å². The summed E-state index contributed by atoms with van der Waals surface area (Å²) in [5.41, 5.74) is 3.04. The first kappa shape index (κ1) is 25.4. The SMILES string of the molecule is CC(=O)c1csc2c1CCN(C(=O)c1cnc3ccc(O)cn13)C2.CCc1cccc(C(F)(F)F)c1. The van der Waals surface area contributed by atoms with E-state index in [1.807, 2.05) is 12.3 Å². The number of aromatic nitrogens is 2. The van der Waals surface area contributed by atoms with Gasteiger partial charge in [-0.25, -0.2) is 4.98 Å². The number of thiophene rings is 1. The molecule has 0 aliphatic carbocycles. The highest BCUT2D eigenvalue weighted by molar-refractivity contribution is 7.10. The Hall–Kier alpha value is -3.66. The number of aryl methyl sites for hydroxylation is 1. The number of benzene rings is 1. The summed E-state index contributed by atoms with van der Waals surface area (Å²) in [7, 11) is 0. The predicted octanol–water partition coefficient (Wildman–Crippen LogP) is 5.77. The molecule has 1 aliphatic rings. The lowest BCUT2D eigenvalue weighted by atomic mass is 10.0. The molecule has 3 aromatic heterocycles. The predicted molar refractivity (Wildman–Crippen MR) is 130 cm³/mol. The lowest BCUT2D eigenvalue weighted by molar-refractivity contribution is -0.137. The molecule has 0 bridgehead atoms. The van der Waals surface area contributed by atoms with Crippen LogP contribution in [0.3, 0.4) is 0 Å². The van der Waals surface area contributed by atoms with E-state index >= 15 is 0 Å². The van der Waals surface area contributed by atoms with Crippen LogP contribution in [-0.4, -0.2) is 37.6 Å². The van der Waals surface area contributed by atoms with Crippen LogP contribution in [0.5, 0.6) is 5.75 Å². The van der Waals surface area contributed by atoms with Crippen LogP contribution in [0.25, 0.3) is 5.65 Å². The number of carbonyl (C=O) groups excluding carboxylic acids is 2. The van der Waals surface area contributed by atoms with Gasteiger partial charge in [0, 0.05) is 22.4 Å².